The van der Waals surface area contributed by atoms with E-state index in [1.165, 1.54) is 5.69 Å². The first-order valence-corrected chi connectivity index (χ1v) is 6.06. The van der Waals surface area contributed by atoms with E-state index in [-0.39, 0.29) is 0 Å². The van der Waals surface area contributed by atoms with E-state index >= 15 is 0 Å². The SMILES string of the molecule is CNCc1c(-c2ccccc2)nc2ccccn12. The van der Waals surface area contributed by atoms with Gasteiger partial charge in [0.1, 0.15) is 5.65 Å². The van der Waals surface area contributed by atoms with E-state index in [1.807, 2.05) is 43.4 Å². The summed E-state index contributed by atoms with van der Waals surface area (Å²) >= 11 is 0. The van der Waals surface area contributed by atoms with Crippen molar-refractivity contribution in [3.05, 3.63) is 60.4 Å². The zero-order valence-corrected chi connectivity index (χ0v) is 10.3. The van der Waals surface area contributed by atoms with Crippen LogP contribution in [0.2, 0.25) is 0 Å². The summed E-state index contributed by atoms with van der Waals surface area (Å²) in [6.07, 6.45) is 2.06. The van der Waals surface area contributed by atoms with Crippen LogP contribution in [0.25, 0.3) is 16.9 Å². The highest BCUT2D eigenvalue weighted by Crippen LogP contribution is 2.23. The van der Waals surface area contributed by atoms with Crippen molar-refractivity contribution >= 4 is 5.65 Å². The molecule has 18 heavy (non-hydrogen) atoms. The van der Waals surface area contributed by atoms with E-state index < -0.39 is 0 Å². The van der Waals surface area contributed by atoms with Crippen molar-refractivity contribution in [1.29, 1.82) is 0 Å². The minimum Gasteiger partial charge on any atom is -0.314 e. The average molecular weight is 237 g/mol. The summed E-state index contributed by atoms with van der Waals surface area (Å²) in [6, 6.07) is 16.4. The molecule has 3 rings (SSSR count). The number of imidazole rings is 1. The normalized spacial score (nSPS) is 10.9. The fraction of sp³-hybridized carbons (Fsp3) is 0.133. The molecule has 0 unspecified atom stereocenters. The van der Waals surface area contributed by atoms with E-state index in [9.17, 15) is 0 Å². The summed E-state index contributed by atoms with van der Waals surface area (Å²) in [4.78, 5) is 4.72. The highest BCUT2D eigenvalue weighted by Gasteiger charge is 2.12. The maximum atomic E-state index is 4.72. The molecular weight excluding hydrogens is 222 g/mol. The fourth-order valence-electron chi connectivity index (χ4n) is 2.21. The zero-order valence-electron chi connectivity index (χ0n) is 10.3. The fourth-order valence-corrected chi connectivity index (χ4v) is 2.21. The Morgan fingerprint density at radius 2 is 1.83 bits per heavy atom. The Kier molecular flexibility index (Phi) is 2.82. The summed E-state index contributed by atoms with van der Waals surface area (Å²) in [5.74, 6) is 0. The van der Waals surface area contributed by atoms with Gasteiger partial charge in [-0.1, -0.05) is 36.4 Å². The van der Waals surface area contributed by atoms with Gasteiger partial charge in [0.25, 0.3) is 0 Å². The molecule has 0 fully saturated rings. The lowest BCUT2D eigenvalue weighted by atomic mass is 10.1. The smallest absolute Gasteiger partial charge is 0.137 e. The molecule has 0 spiro atoms. The number of nitrogens with one attached hydrogen (secondary N) is 1. The van der Waals surface area contributed by atoms with Crippen molar-refractivity contribution in [1.82, 2.24) is 14.7 Å². The molecule has 0 aliphatic rings. The maximum absolute atomic E-state index is 4.72. The predicted octanol–water partition coefficient (Wildman–Crippen LogP) is 2.72. The second-order valence-electron chi connectivity index (χ2n) is 4.23. The standard InChI is InChI=1S/C15H15N3/c1-16-11-13-15(12-7-3-2-4-8-12)17-14-9-5-6-10-18(13)14/h2-10,16H,11H2,1H3. The van der Waals surface area contributed by atoms with E-state index in [4.69, 9.17) is 4.98 Å². The first kappa shape index (κ1) is 11.0. The zero-order chi connectivity index (χ0) is 12.4. The summed E-state index contributed by atoms with van der Waals surface area (Å²) in [5.41, 5.74) is 4.39. The molecule has 0 bridgehead atoms. The first-order chi connectivity index (χ1) is 8.90. The Morgan fingerprint density at radius 3 is 2.61 bits per heavy atom. The monoisotopic (exact) mass is 237 g/mol. The molecule has 0 atom stereocenters. The topological polar surface area (TPSA) is 29.3 Å². The van der Waals surface area contributed by atoms with Gasteiger partial charge in [0.05, 0.1) is 11.4 Å². The molecule has 0 saturated heterocycles. The van der Waals surface area contributed by atoms with Gasteiger partial charge in [0.2, 0.25) is 0 Å². The van der Waals surface area contributed by atoms with Gasteiger partial charge in [-0.05, 0) is 19.2 Å². The van der Waals surface area contributed by atoms with Crippen LogP contribution in [0.3, 0.4) is 0 Å². The predicted molar refractivity (Wildman–Crippen MR) is 73.4 cm³/mol. The van der Waals surface area contributed by atoms with Crippen LogP contribution >= 0.6 is 0 Å². The van der Waals surface area contributed by atoms with Gasteiger partial charge in [-0.15, -0.1) is 0 Å². The molecule has 0 saturated carbocycles. The number of nitrogens with zero attached hydrogens (tertiary/aromatic N) is 2. The molecule has 3 aromatic rings. The van der Waals surface area contributed by atoms with Crippen LogP contribution in [0.15, 0.2) is 54.7 Å². The average Bonchev–Trinajstić information content (AvgIpc) is 2.80. The van der Waals surface area contributed by atoms with Crippen LogP contribution in [0.5, 0.6) is 0 Å². The molecule has 3 nitrogen and oxygen atoms in total. The van der Waals surface area contributed by atoms with Crippen molar-refractivity contribution in [3.8, 4) is 11.3 Å². The van der Waals surface area contributed by atoms with Gasteiger partial charge in [-0.2, -0.15) is 0 Å². The summed E-state index contributed by atoms with van der Waals surface area (Å²) < 4.78 is 2.14. The lowest BCUT2D eigenvalue weighted by Gasteiger charge is -2.04. The lowest BCUT2D eigenvalue weighted by molar-refractivity contribution is 0.784. The van der Waals surface area contributed by atoms with Gasteiger partial charge in [0, 0.05) is 18.3 Å². The lowest BCUT2D eigenvalue weighted by Crippen LogP contribution is -2.08. The van der Waals surface area contributed by atoms with Crippen LogP contribution in [0, 0.1) is 0 Å². The van der Waals surface area contributed by atoms with Gasteiger partial charge in [-0.25, -0.2) is 4.98 Å². The van der Waals surface area contributed by atoms with Gasteiger partial charge in [0.15, 0.2) is 0 Å². The van der Waals surface area contributed by atoms with Crippen LogP contribution in [0.4, 0.5) is 0 Å². The Labute approximate surface area is 106 Å². The van der Waals surface area contributed by atoms with Crippen LogP contribution in [-0.2, 0) is 6.54 Å². The Balaban J connectivity index is 2.25. The number of rotatable bonds is 3. The molecule has 0 aliphatic carbocycles. The highest BCUT2D eigenvalue weighted by molar-refractivity contribution is 5.66. The summed E-state index contributed by atoms with van der Waals surface area (Å²) in [7, 11) is 1.96. The molecule has 2 aromatic heterocycles. The second kappa shape index (κ2) is 4.63. The Hall–Kier alpha value is -2.13. The second-order valence-corrected chi connectivity index (χ2v) is 4.23. The van der Waals surface area contributed by atoms with Crippen LogP contribution in [-0.4, -0.2) is 16.4 Å². The third kappa shape index (κ3) is 1.79. The van der Waals surface area contributed by atoms with Crippen LogP contribution < -0.4 is 5.32 Å². The molecule has 1 aromatic carbocycles. The van der Waals surface area contributed by atoms with Gasteiger partial charge >= 0.3 is 0 Å². The minimum absolute atomic E-state index is 0.801. The molecule has 2 heterocycles. The third-order valence-corrected chi connectivity index (χ3v) is 3.02. The molecule has 3 heteroatoms. The third-order valence-electron chi connectivity index (χ3n) is 3.02. The number of hydrogen-bond acceptors (Lipinski definition) is 2. The Morgan fingerprint density at radius 1 is 1.06 bits per heavy atom. The number of hydrogen-bond donors (Lipinski definition) is 1. The number of benzene rings is 1. The maximum Gasteiger partial charge on any atom is 0.137 e. The quantitative estimate of drug-likeness (QED) is 0.759. The molecule has 90 valence electrons. The molecule has 0 amide bonds. The number of fused-ring (bicyclic) bond motifs is 1. The molecular formula is C15H15N3. The van der Waals surface area contributed by atoms with E-state index in [0.717, 1.165) is 23.4 Å². The highest BCUT2D eigenvalue weighted by atomic mass is 15.0. The largest absolute Gasteiger partial charge is 0.314 e. The molecule has 0 radical (unpaired) electrons. The minimum atomic E-state index is 0.801. The van der Waals surface area contributed by atoms with E-state index in [0.29, 0.717) is 0 Å². The van der Waals surface area contributed by atoms with Crippen molar-refractivity contribution in [3.63, 3.8) is 0 Å². The van der Waals surface area contributed by atoms with Crippen molar-refractivity contribution in [2.45, 2.75) is 6.54 Å². The Bertz CT molecular complexity index is 656. The number of pyridine rings is 1. The van der Waals surface area contributed by atoms with Crippen molar-refractivity contribution in [2.24, 2.45) is 0 Å². The molecule has 0 aliphatic heterocycles. The van der Waals surface area contributed by atoms with E-state index in [2.05, 4.69) is 28.0 Å². The molecule has 1 N–H and O–H groups in total. The van der Waals surface area contributed by atoms with Gasteiger partial charge in [-0.3, -0.25) is 0 Å². The summed E-state index contributed by atoms with van der Waals surface area (Å²) in [6.45, 7) is 0.801. The summed E-state index contributed by atoms with van der Waals surface area (Å²) in [5, 5.41) is 3.21. The van der Waals surface area contributed by atoms with Crippen molar-refractivity contribution in [2.75, 3.05) is 7.05 Å². The van der Waals surface area contributed by atoms with E-state index in [1.54, 1.807) is 0 Å². The first-order valence-electron chi connectivity index (χ1n) is 6.06. The van der Waals surface area contributed by atoms with Crippen molar-refractivity contribution < 1.29 is 0 Å². The van der Waals surface area contributed by atoms with Crippen LogP contribution in [0.1, 0.15) is 5.69 Å². The van der Waals surface area contributed by atoms with Gasteiger partial charge < -0.3 is 9.72 Å². The number of aromatic nitrogens is 2.